The number of benzene rings is 2. The molecule has 0 spiro atoms. The van der Waals surface area contributed by atoms with E-state index >= 15 is 0 Å². The van der Waals surface area contributed by atoms with Crippen molar-refractivity contribution < 1.29 is 14.3 Å². The summed E-state index contributed by atoms with van der Waals surface area (Å²) in [6.07, 6.45) is 0. The van der Waals surface area contributed by atoms with E-state index in [2.05, 4.69) is 22.9 Å². The Morgan fingerprint density at radius 1 is 0.960 bits per heavy atom. The number of carbonyl (C=O) groups is 2. The molecule has 0 saturated carbocycles. The van der Waals surface area contributed by atoms with Crippen molar-refractivity contribution in [3.8, 4) is 0 Å². The molecule has 2 aromatic carbocycles. The summed E-state index contributed by atoms with van der Waals surface area (Å²) in [7, 11) is 1.46. The lowest BCUT2D eigenvalue weighted by Gasteiger charge is -2.14. The SMILES string of the molecule is COCC(=O)Nc1ccc(NC(=O)NC[C@@H](C)c2ccccc2)cc1. The third-order valence-corrected chi connectivity index (χ3v) is 3.64. The van der Waals surface area contributed by atoms with Gasteiger partial charge in [0.2, 0.25) is 5.91 Å². The van der Waals surface area contributed by atoms with Gasteiger partial charge in [0.05, 0.1) is 0 Å². The fraction of sp³-hybridized carbons (Fsp3) is 0.263. The van der Waals surface area contributed by atoms with Gasteiger partial charge in [-0.2, -0.15) is 0 Å². The molecule has 0 saturated heterocycles. The van der Waals surface area contributed by atoms with Crippen molar-refractivity contribution in [2.75, 3.05) is 30.9 Å². The van der Waals surface area contributed by atoms with Crippen LogP contribution >= 0.6 is 0 Å². The van der Waals surface area contributed by atoms with Crippen molar-refractivity contribution >= 4 is 23.3 Å². The number of methoxy groups -OCH3 is 1. The van der Waals surface area contributed by atoms with E-state index in [1.165, 1.54) is 12.7 Å². The van der Waals surface area contributed by atoms with Gasteiger partial charge in [-0.25, -0.2) is 4.79 Å². The zero-order valence-electron chi connectivity index (χ0n) is 14.4. The minimum atomic E-state index is -0.265. The Labute approximate surface area is 147 Å². The Kier molecular flexibility index (Phi) is 6.98. The first-order valence-corrected chi connectivity index (χ1v) is 8.07. The molecule has 6 heteroatoms. The lowest BCUT2D eigenvalue weighted by Crippen LogP contribution is -2.31. The van der Waals surface area contributed by atoms with Gasteiger partial charge in [0, 0.05) is 25.0 Å². The number of hydrogen-bond donors (Lipinski definition) is 3. The second-order valence-corrected chi connectivity index (χ2v) is 5.71. The van der Waals surface area contributed by atoms with Crippen LogP contribution in [0.4, 0.5) is 16.2 Å². The van der Waals surface area contributed by atoms with E-state index in [0.717, 1.165) is 0 Å². The van der Waals surface area contributed by atoms with Crippen molar-refractivity contribution in [3.05, 3.63) is 60.2 Å². The Bertz CT molecular complexity index is 687. The maximum atomic E-state index is 12.0. The van der Waals surface area contributed by atoms with Crippen LogP contribution in [0.2, 0.25) is 0 Å². The summed E-state index contributed by atoms with van der Waals surface area (Å²) in [5.74, 6) is 0.00109. The highest BCUT2D eigenvalue weighted by Crippen LogP contribution is 2.15. The molecular formula is C19H23N3O3. The molecule has 0 aliphatic carbocycles. The van der Waals surface area contributed by atoms with Crippen molar-refractivity contribution in [1.82, 2.24) is 5.32 Å². The first-order valence-electron chi connectivity index (χ1n) is 8.07. The fourth-order valence-electron chi connectivity index (χ4n) is 2.29. The lowest BCUT2D eigenvalue weighted by molar-refractivity contribution is -0.119. The second kappa shape index (κ2) is 9.44. The van der Waals surface area contributed by atoms with Gasteiger partial charge in [-0.05, 0) is 35.7 Å². The van der Waals surface area contributed by atoms with Gasteiger partial charge in [0.1, 0.15) is 6.61 Å². The molecule has 3 N–H and O–H groups in total. The average Bonchev–Trinajstić information content (AvgIpc) is 2.62. The van der Waals surface area contributed by atoms with Crippen molar-refractivity contribution in [1.29, 1.82) is 0 Å². The number of anilines is 2. The number of rotatable bonds is 7. The minimum Gasteiger partial charge on any atom is -0.375 e. The zero-order valence-corrected chi connectivity index (χ0v) is 14.4. The lowest BCUT2D eigenvalue weighted by atomic mass is 10.0. The van der Waals surface area contributed by atoms with Gasteiger partial charge >= 0.3 is 6.03 Å². The number of amides is 3. The van der Waals surface area contributed by atoms with Gasteiger partial charge in [-0.3, -0.25) is 4.79 Å². The summed E-state index contributed by atoms with van der Waals surface area (Å²) in [5, 5.41) is 8.31. The van der Waals surface area contributed by atoms with Crippen molar-refractivity contribution in [2.45, 2.75) is 12.8 Å². The normalized spacial score (nSPS) is 11.4. The molecule has 3 amide bonds. The number of ether oxygens (including phenoxy) is 1. The van der Waals surface area contributed by atoms with E-state index in [1.54, 1.807) is 24.3 Å². The smallest absolute Gasteiger partial charge is 0.319 e. The third-order valence-electron chi connectivity index (χ3n) is 3.64. The van der Waals surface area contributed by atoms with Crippen molar-refractivity contribution in [3.63, 3.8) is 0 Å². The van der Waals surface area contributed by atoms with E-state index in [1.807, 2.05) is 30.3 Å². The van der Waals surface area contributed by atoms with E-state index in [-0.39, 0.29) is 24.5 Å². The fourth-order valence-corrected chi connectivity index (χ4v) is 2.29. The van der Waals surface area contributed by atoms with Gasteiger partial charge < -0.3 is 20.7 Å². The summed E-state index contributed by atoms with van der Waals surface area (Å²) in [6.45, 7) is 2.61. The van der Waals surface area contributed by atoms with E-state index in [9.17, 15) is 9.59 Å². The van der Waals surface area contributed by atoms with Crippen LogP contribution in [0, 0.1) is 0 Å². The maximum Gasteiger partial charge on any atom is 0.319 e. The number of nitrogens with one attached hydrogen (secondary N) is 3. The molecule has 0 heterocycles. The Morgan fingerprint density at radius 2 is 1.56 bits per heavy atom. The molecule has 132 valence electrons. The quantitative estimate of drug-likeness (QED) is 0.723. The van der Waals surface area contributed by atoms with E-state index in [0.29, 0.717) is 17.9 Å². The molecular weight excluding hydrogens is 318 g/mol. The molecule has 2 aromatic rings. The van der Waals surface area contributed by atoms with Crippen LogP contribution in [0.15, 0.2) is 54.6 Å². The molecule has 6 nitrogen and oxygen atoms in total. The van der Waals surface area contributed by atoms with Crippen LogP contribution in [-0.2, 0) is 9.53 Å². The first-order chi connectivity index (χ1) is 12.1. The number of carbonyl (C=O) groups excluding carboxylic acids is 2. The monoisotopic (exact) mass is 341 g/mol. The third kappa shape index (κ3) is 6.27. The highest BCUT2D eigenvalue weighted by Gasteiger charge is 2.08. The zero-order chi connectivity index (χ0) is 18.1. The summed E-state index contributed by atoms with van der Waals surface area (Å²) in [4.78, 5) is 23.4. The molecule has 2 rings (SSSR count). The van der Waals surface area contributed by atoms with Crippen LogP contribution in [0.1, 0.15) is 18.4 Å². The summed E-state index contributed by atoms with van der Waals surface area (Å²) in [5.41, 5.74) is 2.47. The summed E-state index contributed by atoms with van der Waals surface area (Å²) >= 11 is 0. The number of hydrogen-bond acceptors (Lipinski definition) is 3. The van der Waals surface area contributed by atoms with Crippen molar-refractivity contribution in [2.24, 2.45) is 0 Å². The Balaban J connectivity index is 1.79. The molecule has 25 heavy (non-hydrogen) atoms. The average molecular weight is 341 g/mol. The topological polar surface area (TPSA) is 79.5 Å². The molecule has 0 bridgehead atoms. The first kappa shape index (κ1) is 18.5. The van der Waals surface area contributed by atoms with Gasteiger partial charge in [-0.1, -0.05) is 37.3 Å². The van der Waals surface area contributed by atoms with Crippen LogP contribution < -0.4 is 16.0 Å². The second-order valence-electron chi connectivity index (χ2n) is 5.71. The highest BCUT2D eigenvalue weighted by atomic mass is 16.5. The molecule has 0 radical (unpaired) electrons. The molecule has 0 aliphatic rings. The van der Waals surface area contributed by atoms with E-state index in [4.69, 9.17) is 4.74 Å². The van der Waals surface area contributed by atoms with E-state index < -0.39 is 0 Å². The Hall–Kier alpha value is -2.86. The predicted molar refractivity (Wildman–Crippen MR) is 98.8 cm³/mol. The van der Waals surface area contributed by atoms with Gasteiger partial charge in [-0.15, -0.1) is 0 Å². The minimum absolute atomic E-state index is 0.00199. The van der Waals surface area contributed by atoms with Gasteiger partial charge in [0.15, 0.2) is 0 Å². The van der Waals surface area contributed by atoms with Gasteiger partial charge in [0.25, 0.3) is 0 Å². The van der Waals surface area contributed by atoms with Crippen LogP contribution in [-0.4, -0.2) is 32.2 Å². The largest absolute Gasteiger partial charge is 0.375 e. The molecule has 0 unspecified atom stereocenters. The summed E-state index contributed by atoms with van der Waals surface area (Å²) in [6, 6.07) is 16.6. The maximum absolute atomic E-state index is 12.0. The molecule has 0 aromatic heterocycles. The number of urea groups is 1. The standard InChI is InChI=1S/C19H23N3O3/c1-14(15-6-4-3-5-7-15)12-20-19(24)22-17-10-8-16(9-11-17)21-18(23)13-25-2/h3-11,14H,12-13H2,1-2H3,(H,21,23)(H2,20,22,24)/t14-/m1/s1. The summed E-state index contributed by atoms with van der Waals surface area (Å²) < 4.78 is 4.75. The molecule has 0 fully saturated rings. The van der Waals surface area contributed by atoms with Crippen LogP contribution in [0.25, 0.3) is 0 Å². The predicted octanol–water partition coefficient (Wildman–Crippen LogP) is 3.20. The van der Waals surface area contributed by atoms with Crippen LogP contribution in [0.5, 0.6) is 0 Å². The molecule has 0 aliphatic heterocycles. The Morgan fingerprint density at radius 3 is 2.16 bits per heavy atom. The highest BCUT2D eigenvalue weighted by molar-refractivity contribution is 5.93. The van der Waals surface area contributed by atoms with Crippen LogP contribution in [0.3, 0.4) is 0 Å². The molecule has 1 atom stereocenters.